The van der Waals surface area contributed by atoms with Crippen LogP contribution in [0.1, 0.15) is 18.1 Å². The molecule has 29 heavy (non-hydrogen) atoms. The average molecular weight is 411 g/mol. The Morgan fingerprint density at radius 1 is 1.17 bits per heavy atom. The van der Waals surface area contributed by atoms with Gasteiger partial charge in [0.1, 0.15) is 12.4 Å². The molecule has 0 saturated carbocycles. The van der Waals surface area contributed by atoms with Gasteiger partial charge in [-0.15, -0.1) is 6.42 Å². The number of ether oxygens (including phenoxy) is 2. The first-order valence-electron chi connectivity index (χ1n) is 8.85. The van der Waals surface area contributed by atoms with Crippen LogP contribution in [0.3, 0.4) is 0 Å². The summed E-state index contributed by atoms with van der Waals surface area (Å²) in [5, 5.41) is -0.394. The van der Waals surface area contributed by atoms with E-state index in [0.717, 1.165) is 16.7 Å². The summed E-state index contributed by atoms with van der Waals surface area (Å²) in [6.07, 6.45) is 6.80. The second kappa shape index (κ2) is 9.30. The number of halogens is 1. The van der Waals surface area contributed by atoms with Crippen LogP contribution in [0.15, 0.2) is 47.4 Å². The second-order valence-electron chi connectivity index (χ2n) is 5.99. The summed E-state index contributed by atoms with van der Waals surface area (Å²) in [4.78, 5) is 25.5. The van der Waals surface area contributed by atoms with Crippen molar-refractivity contribution in [2.75, 3.05) is 13.2 Å². The van der Waals surface area contributed by atoms with Crippen LogP contribution in [0, 0.1) is 18.2 Å². The van der Waals surface area contributed by atoms with Crippen molar-refractivity contribution >= 4 is 29.0 Å². The zero-order chi connectivity index (χ0) is 20.8. The van der Waals surface area contributed by atoms with Gasteiger partial charge < -0.3 is 9.47 Å². The third-order valence-corrected chi connectivity index (χ3v) is 4.94. The van der Waals surface area contributed by atoms with Crippen LogP contribution in [0.5, 0.6) is 11.5 Å². The predicted molar refractivity (Wildman–Crippen MR) is 110 cm³/mol. The van der Waals surface area contributed by atoms with E-state index >= 15 is 0 Å². The van der Waals surface area contributed by atoms with Gasteiger partial charge in [0.25, 0.3) is 11.1 Å². The molecule has 0 N–H and O–H groups in total. The molecular formula is C22H18FNO4S. The zero-order valence-electron chi connectivity index (χ0n) is 15.7. The Balaban J connectivity index is 1.81. The molecule has 0 spiro atoms. The summed E-state index contributed by atoms with van der Waals surface area (Å²) in [5.74, 6) is 2.45. The minimum absolute atomic E-state index is 0.0527. The summed E-state index contributed by atoms with van der Waals surface area (Å²) >= 11 is 0.838. The van der Waals surface area contributed by atoms with E-state index in [0.29, 0.717) is 29.2 Å². The van der Waals surface area contributed by atoms with E-state index in [-0.39, 0.29) is 23.9 Å². The Morgan fingerprint density at radius 3 is 2.69 bits per heavy atom. The third kappa shape index (κ3) is 4.79. The number of nitrogens with zero attached hydrogens (tertiary/aromatic N) is 1. The predicted octanol–water partition coefficient (Wildman–Crippen LogP) is 4.47. The summed E-state index contributed by atoms with van der Waals surface area (Å²) in [6, 6.07) is 11.5. The first-order valence-corrected chi connectivity index (χ1v) is 9.67. The molecule has 5 nitrogen and oxygen atoms in total. The minimum atomic E-state index is -0.421. The highest BCUT2D eigenvalue weighted by molar-refractivity contribution is 8.18. The summed E-state index contributed by atoms with van der Waals surface area (Å²) in [5.41, 5.74) is 1.10. The molecule has 0 unspecified atom stereocenters. The first kappa shape index (κ1) is 20.5. The Hall–Kier alpha value is -3.24. The molecule has 1 fully saturated rings. The lowest BCUT2D eigenvalue weighted by atomic mass is 10.1. The number of amides is 2. The fraction of sp³-hybridized carbons (Fsp3) is 0.182. The molecule has 0 aliphatic carbocycles. The van der Waals surface area contributed by atoms with Crippen LogP contribution in [0.25, 0.3) is 6.08 Å². The maximum atomic E-state index is 13.8. The Bertz CT molecular complexity index is 1010. The van der Waals surface area contributed by atoms with Crippen molar-refractivity contribution < 1.29 is 23.5 Å². The van der Waals surface area contributed by atoms with Crippen molar-refractivity contribution in [3.05, 3.63) is 64.3 Å². The lowest BCUT2D eigenvalue weighted by molar-refractivity contribution is -0.122. The van der Waals surface area contributed by atoms with E-state index in [1.165, 1.54) is 6.07 Å². The summed E-state index contributed by atoms with van der Waals surface area (Å²) < 4.78 is 25.1. The Labute approximate surface area is 172 Å². The van der Waals surface area contributed by atoms with Gasteiger partial charge in [0, 0.05) is 5.56 Å². The number of terminal acetylenes is 1. The number of hydrogen-bond acceptors (Lipinski definition) is 5. The van der Waals surface area contributed by atoms with E-state index in [1.807, 2.05) is 6.92 Å². The lowest BCUT2D eigenvalue weighted by Gasteiger charge is -2.13. The van der Waals surface area contributed by atoms with Gasteiger partial charge in [-0.1, -0.05) is 30.2 Å². The smallest absolute Gasteiger partial charge is 0.294 e. The van der Waals surface area contributed by atoms with Crippen LogP contribution in [-0.4, -0.2) is 29.2 Å². The molecule has 2 aromatic carbocycles. The third-order valence-electron chi connectivity index (χ3n) is 4.03. The molecule has 0 atom stereocenters. The van der Waals surface area contributed by atoms with E-state index in [1.54, 1.807) is 42.5 Å². The number of rotatable bonds is 7. The van der Waals surface area contributed by atoms with E-state index in [2.05, 4.69) is 5.92 Å². The monoisotopic (exact) mass is 411 g/mol. The average Bonchev–Trinajstić information content (AvgIpc) is 2.96. The molecule has 7 heteroatoms. The molecule has 2 amide bonds. The quantitative estimate of drug-likeness (QED) is 0.497. The number of benzene rings is 2. The van der Waals surface area contributed by atoms with Gasteiger partial charge in [-0.3, -0.25) is 14.5 Å². The van der Waals surface area contributed by atoms with Gasteiger partial charge in [0.05, 0.1) is 18.1 Å². The molecule has 2 aromatic rings. The zero-order valence-corrected chi connectivity index (χ0v) is 16.5. The minimum Gasteiger partial charge on any atom is -0.490 e. The highest BCUT2D eigenvalue weighted by Crippen LogP contribution is 2.34. The molecule has 0 bridgehead atoms. The molecule has 1 aliphatic heterocycles. The number of thioether (sulfide) groups is 1. The van der Waals surface area contributed by atoms with Gasteiger partial charge >= 0.3 is 0 Å². The van der Waals surface area contributed by atoms with Crippen molar-refractivity contribution in [2.24, 2.45) is 0 Å². The van der Waals surface area contributed by atoms with Gasteiger partial charge in [-0.25, -0.2) is 4.39 Å². The molecular weight excluding hydrogens is 393 g/mol. The maximum absolute atomic E-state index is 13.8. The SMILES string of the molecule is C#CCN1C(=O)S/C(=C/c2ccc(OCc3ccccc3F)c(OCC)c2)C1=O. The van der Waals surface area contributed by atoms with Gasteiger partial charge in [-0.05, 0) is 48.5 Å². The van der Waals surface area contributed by atoms with Crippen LogP contribution in [0.2, 0.25) is 0 Å². The number of carbonyl (C=O) groups is 2. The van der Waals surface area contributed by atoms with Crippen molar-refractivity contribution in [3.63, 3.8) is 0 Å². The lowest BCUT2D eigenvalue weighted by Crippen LogP contribution is -2.28. The molecule has 1 saturated heterocycles. The maximum Gasteiger partial charge on any atom is 0.294 e. The van der Waals surface area contributed by atoms with Crippen LogP contribution in [-0.2, 0) is 11.4 Å². The normalized spacial score (nSPS) is 14.9. The van der Waals surface area contributed by atoms with E-state index in [9.17, 15) is 14.0 Å². The Morgan fingerprint density at radius 2 is 1.97 bits per heavy atom. The summed E-state index contributed by atoms with van der Waals surface area (Å²) in [7, 11) is 0. The molecule has 0 aromatic heterocycles. The van der Waals surface area contributed by atoms with Crippen molar-refractivity contribution in [1.29, 1.82) is 0 Å². The molecule has 148 valence electrons. The first-order chi connectivity index (χ1) is 14.0. The number of carbonyl (C=O) groups excluding carboxylic acids is 2. The van der Waals surface area contributed by atoms with Gasteiger partial charge in [0.15, 0.2) is 11.5 Å². The van der Waals surface area contributed by atoms with Gasteiger partial charge in [-0.2, -0.15) is 0 Å². The van der Waals surface area contributed by atoms with E-state index in [4.69, 9.17) is 15.9 Å². The van der Waals surface area contributed by atoms with Crippen LogP contribution < -0.4 is 9.47 Å². The molecule has 0 radical (unpaired) electrons. The second-order valence-corrected chi connectivity index (χ2v) is 6.98. The van der Waals surface area contributed by atoms with Crippen LogP contribution >= 0.6 is 11.8 Å². The van der Waals surface area contributed by atoms with Gasteiger partial charge in [0.2, 0.25) is 0 Å². The topological polar surface area (TPSA) is 55.8 Å². The standard InChI is InChI=1S/C22H18FNO4S/c1-3-11-24-21(25)20(29-22(24)26)13-15-9-10-18(19(12-15)27-4-2)28-14-16-7-5-6-8-17(16)23/h1,5-10,12-13H,4,11,14H2,2H3/b20-13+. The Kier molecular flexibility index (Phi) is 6.57. The van der Waals surface area contributed by atoms with E-state index < -0.39 is 11.1 Å². The highest BCUT2D eigenvalue weighted by atomic mass is 32.2. The van der Waals surface area contributed by atoms with Crippen molar-refractivity contribution in [2.45, 2.75) is 13.5 Å². The highest BCUT2D eigenvalue weighted by Gasteiger charge is 2.34. The molecule has 1 heterocycles. The molecule has 3 rings (SSSR count). The summed E-state index contributed by atoms with van der Waals surface area (Å²) in [6.45, 7) is 2.22. The molecule has 1 aliphatic rings. The van der Waals surface area contributed by atoms with Crippen molar-refractivity contribution in [3.8, 4) is 23.8 Å². The fourth-order valence-corrected chi connectivity index (χ4v) is 3.49. The number of imide groups is 1. The number of hydrogen-bond donors (Lipinski definition) is 0. The van der Waals surface area contributed by atoms with Crippen LogP contribution in [0.4, 0.5) is 9.18 Å². The largest absolute Gasteiger partial charge is 0.490 e. The fourth-order valence-electron chi connectivity index (χ4n) is 2.65. The van der Waals surface area contributed by atoms with Crippen molar-refractivity contribution in [1.82, 2.24) is 4.90 Å².